The number of nitrogens with zero attached hydrogens (tertiary/aromatic N) is 4. The molecule has 1 amide bonds. The van der Waals surface area contributed by atoms with Crippen LogP contribution in [0.15, 0.2) is 71.7 Å². The number of hydrogen-bond donors (Lipinski definition) is 1. The lowest BCUT2D eigenvalue weighted by Crippen LogP contribution is -2.31. The fourth-order valence-electron chi connectivity index (χ4n) is 4.74. The second-order valence-electron chi connectivity index (χ2n) is 9.31. The lowest BCUT2D eigenvalue weighted by atomic mass is 10.1. The standard InChI is InChI=1S/C28H25N5O2/c1-17-10-13-24(18(2)14-17)33-27-22(15-29-33)26(20-11-12-20)31-32(28(27)35)16-25(34)30-23-9-5-7-19-6-3-4-8-21(19)23/h3-10,13-15,20H,11-12,16H2,1-2H3,(H,30,34). The molecule has 1 N–H and O–H groups in total. The van der Waals surface area contributed by atoms with Crippen molar-refractivity contribution in [1.82, 2.24) is 19.6 Å². The van der Waals surface area contributed by atoms with Crippen LogP contribution in [-0.4, -0.2) is 25.5 Å². The second kappa shape index (κ2) is 8.20. The van der Waals surface area contributed by atoms with Gasteiger partial charge in [-0.15, -0.1) is 0 Å². The van der Waals surface area contributed by atoms with Crippen molar-refractivity contribution in [3.63, 3.8) is 0 Å². The largest absolute Gasteiger partial charge is 0.324 e. The molecular weight excluding hydrogens is 438 g/mol. The summed E-state index contributed by atoms with van der Waals surface area (Å²) >= 11 is 0. The van der Waals surface area contributed by atoms with Gasteiger partial charge in [-0.2, -0.15) is 10.2 Å². The number of anilines is 1. The van der Waals surface area contributed by atoms with E-state index in [1.807, 2.05) is 68.4 Å². The molecule has 0 spiro atoms. The van der Waals surface area contributed by atoms with Gasteiger partial charge in [0.2, 0.25) is 5.91 Å². The molecule has 0 atom stereocenters. The third-order valence-corrected chi connectivity index (χ3v) is 6.61. The fraction of sp³-hybridized carbons (Fsp3) is 0.214. The van der Waals surface area contributed by atoms with Crippen molar-refractivity contribution >= 4 is 33.3 Å². The highest BCUT2D eigenvalue weighted by atomic mass is 16.2. The number of benzene rings is 3. The van der Waals surface area contributed by atoms with Crippen molar-refractivity contribution in [1.29, 1.82) is 0 Å². The molecule has 174 valence electrons. The molecular formula is C28H25N5O2. The van der Waals surface area contributed by atoms with Gasteiger partial charge in [0.15, 0.2) is 0 Å². The number of aryl methyl sites for hydroxylation is 2. The highest BCUT2D eigenvalue weighted by molar-refractivity contribution is 6.02. The monoisotopic (exact) mass is 463 g/mol. The Hall–Kier alpha value is -4.26. The summed E-state index contributed by atoms with van der Waals surface area (Å²) in [5, 5.41) is 14.9. The SMILES string of the molecule is Cc1ccc(-n2ncc3c(C4CC4)nn(CC(=O)Nc4cccc5ccccc45)c(=O)c32)c(C)c1. The molecule has 7 nitrogen and oxygen atoms in total. The molecule has 7 heteroatoms. The normalized spacial score (nSPS) is 13.4. The zero-order valence-electron chi connectivity index (χ0n) is 19.7. The number of amides is 1. The van der Waals surface area contributed by atoms with Gasteiger partial charge in [-0.05, 0) is 49.8 Å². The van der Waals surface area contributed by atoms with Crippen LogP contribution in [0.1, 0.15) is 35.6 Å². The minimum absolute atomic E-state index is 0.171. The third-order valence-electron chi connectivity index (χ3n) is 6.61. The maximum Gasteiger partial charge on any atom is 0.293 e. The Morgan fingerprint density at radius 3 is 2.63 bits per heavy atom. The van der Waals surface area contributed by atoms with Gasteiger partial charge < -0.3 is 5.32 Å². The van der Waals surface area contributed by atoms with Gasteiger partial charge in [0.1, 0.15) is 12.1 Å². The minimum atomic E-state index is -0.324. The second-order valence-corrected chi connectivity index (χ2v) is 9.31. The number of rotatable bonds is 5. The number of hydrogen-bond acceptors (Lipinski definition) is 4. The molecule has 0 unspecified atom stereocenters. The predicted octanol–water partition coefficient (Wildman–Crippen LogP) is 4.87. The van der Waals surface area contributed by atoms with Crippen LogP contribution in [0, 0.1) is 13.8 Å². The molecule has 5 aromatic rings. The van der Waals surface area contributed by atoms with Gasteiger partial charge in [0.05, 0.1) is 17.6 Å². The Morgan fingerprint density at radius 1 is 1.03 bits per heavy atom. The summed E-state index contributed by atoms with van der Waals surface area (Å²) in [6.07, 6.45) is 3.78. The molecule has 2 heterocycles. The van der Waals surface area contributed by atoms with E-state index in [4.69, 9.17) is 0 Å². The maximum absolute atomic E-state index is 13.6. The van der Waals surface area contributed by atoms with E-state index in [1.54, 1.807) is 10.9 Å². The Labute approximate surface area is 202 Å². The van der Waals surface area contributed by atoms with Crippen molar-refractivity contribution in [2.24, 2.45) is 0 Å². The first-order valence-electron chi connectivity index (χ1n) is 11.8. The van der Waals surface area contributed by atoms with Gasteiger partial charge in [-0.25, -0.2) is 9.36 Å². The summed E-state index contributed by atoms with van der Waals surface area (Å²) in [6.45, 7) is 3.87. The first-order valence-corrected chi connectivity index (χ1v) is 11.8. The van der Waals surface area contributed by atoms with Gasteiger partial charge in [0.25, 0.3) is 5.56 Å². The van der Waals surface area contributed by atoms with Gasteiger partial charge in [-0.3, -0.25) is 9.59 Å². The summed E-state index contributed by atoms with van der Waals surface area (Å²) in [6, 6.07) is 19.7. The first kappa shape index (κ1) is 21.3. The average molecular weight is 464 g/mol. The summed E-state index contributed by atoms with van der Waals surface area (Å²) in [5.41, 5.74) is 4.72. The maximum atomic E-state index is 13.6. The molecule has 2 aromatic heterocycles. The van der Waals surface area contributed by atoms with Crippen LogP contribution in [-0.2, 0) is 11.3 Å². The highest BCUT2D eigenvalue weighted by Gasteiger charge is 2.30. The average Bonchev–Trinajstić information content (AvgIpc) is 3.59. The van der Waals surface area contributed by atoms with Crippen molar-refractivity contribution in [2.45, 2.75) is 39.2 Å². The first-order chi connectivity index (χ1) is 17.0. The van der Waals surface area contributed by atoms with Crippen molar-refractivity contribution in [2.75, 3.05) is 5.32 Å². The van der Waals surface area contributed by atoms with Gasteiger partial charge in [0, 0.05) is 22.4 Å². The molecule has 0 aliphatic heterocycles. The summed E-state index contributed by atoms with van der Waals surface area (Å²) < 4.78 is 2.98. The Kier molecular flexibility index (Phi) is 4.99. The molecule has 6 rings (SSSR count). The van der Waals surface area contributed by atoms with Crippen LogP contribution >= 0.6 is 0 Å². The lowest BCUT2D eigenvalue weighted by molar-refractivity contribution is -0.117. The molecule has 1 fully saturated rings. The number of fused-ring (bicyclic) bond motifs is 2. The number of carbonyl (C=O) groups excluding carboxylic acids is 1. The Bertz CT molecular complexity index is 1670. The van der Waals surface area contributed by atoms with Crippen LogP contribution in [0.3, 0.4) is 0 Å². The van der Waals surface area contributed by atoms with E-state index in [0.29, 0.717) is 17.1 Å². The molecule has 1 aliphatic rings. The molecule has 3 aromatic carbocycles. The van der Waals surface area contributed by atoms with Crippen molar-refractivity contribution < 1.29 is 4.79 Å². The van der Waals surface area contributed by atoms with E-state index < -0.39 is 0 Å². The van der Waals surface area contributed by atoms with Crippen LogP contribution in [0.2, 0.25) is 0 Å². The highest BCUT2D eigenvalue weighted by Crippen LogP contribution is 2.41. The Morgan fingerprint density at radius 2 is 1.83 bits per heavy atom. The Balaban J connectivity index is 1.41. The van der Waals surface area contributed by atoms with E-state index in [9.17, 15) is 9.59 Å². The molecule has 0 bridgehead atoms. The molecule has 1 saturated carbocycles. The van der Waals surface area contributed by atoms with Crippen molar-refractivity contribution in [3.05, 3.63) is 94.0 Å². The van der Waals surface area contributed by atoms with Gasteiger partial charge in [-0.1, -0.05) is 54.1 Å². The molecule has 1 aliphatic carbocycles. The molecule has 0 radical (unpaired) electrons. The van der Waals surface area contributed by atoms with Gasteiger partial charge >= 0.3 is 0 Å². The van der Waals surface area contributed by atoms with Crippen molar-refractivity contribution in [3.8, 4) is 5.69 Å². The summed E-state index contributed by atoms with van der Waals surface area (Å²) in [5.74, 6) is -0.00289. The van der Waals surface area contributed by atoms with E-state index in [2.05, 4.69) is 21.6 Å². The zero-order chi connectivity index (χ0) is 24.1. The summed E-state index contributed by atoms with van der Waals surface area (Å²) in [4.78, 5) is 26.7. The fourth-order valence-corrected chi connectivity index (χ4v) is 4.74. The van der Waals surface area contributed by atoms with Crippen LogP contribution < -0.4 is 10.9 Å². The number of nitrogens with one attached hydrogen (secondary N) is 1. The minimum Gasteiger partial charge on any atom is -0.324 e. The smallest absolute Gasteiger partial charge is 0.293 e. The lowest BCUT2D eigenvalue weighted by Gasteiger charge is -2.12. The number of aromatic nitrogens is 4. The topological polar surface area (TPSA) is 81.8 Å². The molecule has 35 heavy (non-hydrogen) atoms. The quantitative estimate of drug-likeness (QED) is 0.403. The van der Waals surface area contributed by atoms with Crippen LogP contribution in [0.25, 0.3) is 27.4 Å². The molecule has 0 saturated heterocycles. The van der Waals surface area contributed by atoms with E-state index in [-0.39, 0.29) is 18.0 Å². The van der Waals surface area contributed by atoms with E-state index >= 15 is 0 Å². The zero-order valence-corrected chi connectivity index (χ0v) is 19.7. The van der Waals surface area contributed by atoms with E-state index in [1.165, 1.54) is 4.68 Å². The van der Waals surface area contributed by atoms with Crippen LogP contribution in [0.4, 0.5) is 5.69 Å². The third kappa shape index (κ3) is 3.79. The van der Waals surface area contributed by atoms with Crippen LogP contribution in [0.5, 0.6) is 0 Å². The summed E-state index contributed by atoms with van der Waals surface area (Å²) in [7, 11) is 0. The predicted molar refractivity (Wildman–Crippen MR) is 137 cm³/mol. The van der Waals surface area contributed by atoms with E-state index in [0.717, 1.165) is 51.5 Å². The number of carbonyl (C=O) groups is 1.